The third-order valence-electron chi connectivity index (χ3n) is 9.54. The molecule has 0 fully saturated rings. The summed E-state index contributed by atoms with van der Waals surface area (Å²) in [6, 6.07) is 58.0. The van der Waals surface area contributed by atoms with Crippen LogP contribution in [0.5, 0.6) is 0 Å². The maximum absolute atomic E-state index is 6.53. The van der Waals surface area contributed by atoms with Crippen LogP contribution in [0.2, 0.25) is 0 Å². The van der Waals surface area contributed by atoms with Crippen molar-refractivity contribution in [1.82, 2.24) is 19.9 Å². The Morgan fingerprint density at radius 1 is 0.333 bits per heavy atom. The Balaban J connectivity index is 1.04. The van der Waals surface area contributed by atoms with E-state index in [0.29, 0.717) is 17.5 Å². The van der Waals surface area contributed by atoms with Crippen molar-refractivity contribution in [3.8, 4) is 56.5 Å². The summed E-state index contributed by atoms with van der Waals surface area (Å²) >= 11 is 0. The van der Waals surface area contributed by atoms with Crippen LogP contribution in [-0.4, -0.2) is 19.9 Å². The number of furan rings is 1. The van der Waals surface area contributed by atoms with E-state index in [0.717, 1.165) is 82.7 Å². The van der Waals surface area contributed by atoms with Gasteiger partial charge in [-0.3, -0.25) is 0 Å². The Kier molecular flexibility index (Phi) is 6.74. The van der Waals surface area contributed by atoms with E-state index in [2.05, 4.69) is 97.1 Å². The van der Waals surface area contributed by atoms with Gasteiger partial charge in [-0.15, -0.1) is 0 Å². The molecule has 10 rings (SSSR count). The number of benzene rings is 7. The van der Waals surface area contributed by atoms with Gasteiger partial charge >= 0.3 is 0 Å². The fourth-order valence-electron chi connectivity index (χ4n) is 6.98. The van der Waals surface area contributed by atoms with E-state index in [1.165, 1.54) is 0 Å². The molecule has 0 spiro atoms. The fourth-order valence-corrected chi connectivity index (χ4v) is 6.98. The van der Waals surface area contributed by atoms with Crippen molar-refractivity contribution >= 4 is 43.6 Å². The van der Waals surface area contributed by atoms with Crippen LogP contribution >= 0.6 is 0 Å². The van der Waals surface area contributed by atoms with Gasteiger partial charge in [0.25, 0.3) is 0 Å². The van der Waals surface area contributed by atoms with Gasteiger partial charge in [-0.1, -0.05) is 158 Å². The first-order chi connectivity index (χ1) is 25.3. The van der Waals surface area contributed by atoms with Crippen molar-refractivity contribution in [2.24, 2.45) is 0 Å². The molecule has 51 heavy (non-hydrogen) atoms. The normalized spacial score (nSPS) is 11.5. The lowest BCUT2D eigenvalue weighted by Crippen LogP contribution is -2.00. The summed E-state index contributed by atoms with van der Waals surface area (Å²) in [4.78, 5) is 20.0. The number of hydrogen-bond donors (Lipinski definition) is 0. The molecule has 238 valence electrons. The predicted octanol–water partition coefficient (Wildman–Crippen LogP) is 11.8. The first-order valence-electron chi connectivity index (χ1n) is 17.0. The highest BCUT2D eigenvalue weighted by molar-refractivity contribution is 6.22. The molecular weight excluding hydrogens is 625 g/mol. The molecule has 5 nitrogen and oxygen atoms in total. The highest BCUT2D eigenvalue weighted by Crippen LogP contribution is 2.41. The number of rotatable bonds is 5. The Labute approximate surface area is 293 Å². The van der Waals surface area contributed by atoms with Gasteiger partial charge in [0.15, 0.2) is 17.5 Å². The number of nitrogens with zero attached hydrogens (tertiary/aromatic N) is 4. The zero-order valence-electron chi connectivity index (χ0n) is 27.4. The third kappa shape index (κ3) is 5.03. The van der Waals surface area contributed by atoms with Crippen molar-refractivity contribution in [2.45, 2.75) is 0 Å². The molecule has 10 aromatic rings. The van der Waals surface area contributed by atoms with Gasteiger partial charge < -0.3 is 4.42 Å². The summed E-state index contributed by atoms with van der Waals surface area (Å²) in [5, 5.41) is 5.38. The maximum Gasteiger partial charge on any atom is 0.164 e. The monoisotopic (exact) mass is 652 g/mol. The van der Waals surface area contributed by atoms with Gasteiger partial charge in [0.05, 0.1) is 16.6 Å². The Morgan fingerprint density at radius 2 is 0.824 bits per heavy atom. The second kappa shape index (κ2) is 11.9. The van der Waals surface area contributed by atoms with Crippen molar-refractivity contribution < 1.29 is 4.42 Å². The van der Waals surface area contributed by atoms with Crippen LogP contribution in [0.4, 0.5) is 0 Å². The maximum atomic E-state index is 6.53. The van der Waals surface area contributed by atoms with Crippen LogP contribution in [0.25, 0.3) is 100 Å². The number of fused-ring (bicyclic) bond motifs is 7. The van der Waals surface area contributed by atoms with Crippen LogP contribution in [0, 0.1) is 0 Å². The number of pyridine rings is 1. The topological polar surface area (TPSA) is 64.7 Å². The lowest BCUT2D eigenvalue weighted by atomic mass is 9.98. The molecule has 0 saturated heterocycles. The Hall–Kier alpha value is -6.98. The molecule has 0 N–H and O–H groups in total. The number of para-hydroxylation sites is 1. The lowest BCUT2D eigenvalue weighted by molar-refractivity contribution is 0.672. The number of aromatic nitrogens is 4. The fraction of sp³-hybridized carbons (Fsp3) is 0. The summed E-state index contributed by atoms with van der Waals surface area (Å²) < 4.78 is 6.53. The highest BCUT2D eigenvalue weighted by Gasteiger charge is 2.19. The molecule has 0 radical (unpaired) electrons. The van der Waals surface area contributed by atoms with Crippen LogP contribution in [0.1, 0.15) is 0 Å². The van der Waals surface area contributed by atoms with Gasteiger partial charge in [0, 0.05) is 38.4 Å². The van der Waals surface area contributed by atoms with Crippen molar-refractivity contribution in [2.75, 3.05) is 0 Å². The molecule has 0 aliphatic rings. The lowest BCUT2D eigenvalue weighted by Gasteiger charge is -2.10. The van der Waals surface area contributed by atoms with Gasteiger partial charge in [-0.05, 0) is 28.6 Å². The molecule has 0 amide bonds. The summed E-state index contributed by atoms with van der Waals surface area (Å²) in [5.74, 6) is 1.93. The van der Waals surface area contributed by atoms with Crippen molar-refractivity contribution in [3.63, 3.8) is 0 Å². The van der Waals surface area contributed by atoms with E-state index in [9.17, 15) is 0 Å². The quantitative estimate of drug-likeness (QED) is 0.173. The molecule has 0 bridgehead atoms. The molecule has 3 aromatic heterocycles. The smallest absolute Gasteiger partial charge is 0.164 e. The molecule has 7 aromatic carbocycles. The summed E-state index contributed by atoms with van der Waals surface area (Å²) in [7, 11) is 0. The second-order valence-corrected chi connectivity index (χ2v) is 12.6. The second-order valence-electron chi connectivity index (χ2n) is 12.6. The van der Waals surface area contributed by atoms with E-state index in [4.69, 9.17) is 24.4 Å². The molecule has 3 heterocycles. The minimum Gasteiger partial charge on any atom is -0.455 e. The van der Waals surface area contributed by atoms with Gasteiger partial charge in [0.1, 0.15) is 11.2 Å². The van der Waals surface area contributed by atoms with Crippen LogP contribution in [0.3, 0.4) is 0 Å². The molecule has 0 unspecified atom stereocenters. The Morgan fingerprint density at radius 3 is 1.45 bits per heavy atom. The van der Waals surface area contributed by atoms with Crippen molar-refractivity contribution in [3.05, 3.63) is 170 Å². The van der Waals surface area contributed by atoms with E-state index < -0.39 is 0 Å². The Bertz CT molecular complexity index is 2820. The summed E-state index contributed by atoms with van der Waals surface area (Å²) in [6.07, 6.45) is 0. The standard InChI is InChI=1S/C46H28N4O/c1-3-12-33(13-4-1)44-48-45(34-14-5-2-6-15-34)50-46(49-44)35-25-21-30(22-26-35)29-19-23-32(24-20-29)41-40-37-17-9-10-18-39(37)51-43(40)38-28-27-31-11-7-8-16-36(31)42(38)47-41/h1-28H. The summed E-state index contributed by atoms with van der Waals surface area (Å²) in [6.45, 7) is 0. The van der Waals surface area contributed by atoms with E-state index in [1.807, 2.05) is 72.8 Å². The van der Waals surface area contributed by atoms with Gasteiger partial charge in [-0.2, -0.15) is 0 Å². The molecular formula is C46H28N4O. The van der Waals surface area contributed by atoms with E-state index in [1.54, 1.807) is 0 Å². The van der Waals surface area contributed by atoms with Crippen LogP contribution in [0.15, 0.2) is 174 Å². The molecule has 0 saturated carbocycles. The zero-order chi connectivity index (χ0) is 33.7. The molecule has 0 aliphatic heterocycles. The minimum atomic E-state index is 0.635. The van der Waals surface area contributed by atoms with Crippen LogP contribution < -0.4 is 0 Å². The predicted molar refractivity (Wildman–Crippen MR) is 207 cm³/mol. The highest BCUT2D eigenvalue weighted by atomic mass is 16.3. The molecule has 5 heteroatoms. The molecule has 0 aliphatic carbocycles. The average Bonchev–Trinajstić information content (AvgIpc) is 3.61. The first kappa shape index (κ1) is 29.0. The minimum absolute atomic E-state index is 0.635. The SMILES string of the molecule is c1ccc(-c2nc(-c3ccccc3)nc(-c3ccc(-c4ccc(-c5nc6c7ccccc7ccc6c6oc7ccccc7c56)cc4)cc3)n2)cc1. The van der Waals surface area contributed by atoms with Crippen LogP contribution in [-0.2, 0) is 0 Å². The van der Waals surface area contributed by atoms with E-state index >= 15 is 0 Å². The van der Waals surface area contributed by atoms with E-state index in [-0.39, 0.29) is 0 Å². The largest absolute Gasteiger partial charge is 0.455 e. The molecule has 0 atom stereocenters. The first-order valence-corrected chi connectivity index (χ1v) is 17.0. The summed E-state index contributed by atoms with van der Waals surface area (Å²) in [5.41, 5.74) is 9.65. The zero-order valence-corrected chi connectivity index (χ0v) is 27.4. The van der Waals surface area contributed by atoms with Crippen molar-refractivity contribution in [1.29, 1.82) is 0 Å². The number of hydrogen-bond acceptors (Lipinski definition) is 5. The van der Waals surface area contributed by atoms with Gasteiger partial charge in [0.2, 0.25) is 0 Å². The average molecular weight is 653 g/mol. The van der Waals surface area contributed by atoms with Gasteiger partial charge in [-0.25, -0.2) is 19.9 Å². The third-order valence-corrected chi connectivity index (χ3v) is 9.54.